The predicted molar refractivity (Wildman–Crippen MR) is 36.7 cm³/mol. The maximum absolute atomic E-state index is 9.20. The van der Waals surface area contributed by atoms with Gasteiger partial charge in [0.2, 0.25) is 0 Å². The fourth-order valence-corrected chi connectivity index (χ4v) is 1.26. The average Bonchev–Trinajstić information content (AvgIpc) is 2.10. The van der Waals surface area contributed by atoms with Gasteiger partial charge in [-0.3, -0.25) is 0 Å². The van der Waals surface area contributed by atoms with Crippen LogP contribution in [-0.2, 0) is 4.74 Å². The molecule has 0 aromatic rings. The Morgan fingerprint density at radius 2 is 2.30 bits per heavy atom. The summed E-state index contributed by atoms with van der Waals surface area (Å²) >= 11 is 2.86. The molecule has 1 saturated heterocycles. The highest BCUT2D eigenvalue weighted by Gasteiger charge is 2.45. The second kappa shape index (κ2) is 2.75. The summed E-state index contributed by atoms with van der Waals surface area (Å²) in [6.45, 7) is -0.283. The molecule has 1 aliphatic rings. The summed E-state index contributed by atoms with van der Waals surface area (Å²) in [5.74, 6) is 0. The molecule has 1 fully saturated rings. The van der Waals surface area contributed by atoms with Crippen molar-refractivity contribution >= 4 is 15.9 Å². The van der Waals surface area contributed by atoms with Crippen LogP contribution in [0.3, 0.4) is 0 Å². The Morgan fingerprint density at radius 1 is 1.70 bits per heavy atom. The van der Waals surface area contributed by atoms with E-state index >= 15 is 0 Å². The first kappa shape index (κ1) is 8.42. The van der Waals surface area contributed by atoms with Crippen molar-refractivity contribution in [1.29, 1.82) is 0 Å². The minimum Gasteiger partial charge on any atom is -0.394 e. The molecule has 0 amide bonds. The molecule has 0 aromatic carbocycles. The lowest BCUT2D eigenvalue weighted by Gasteiger charge is -2.17. The van der Waals surface area contributed by atoms with Crippen molar-refractivity contribution in [2.24, 2.45) is 0 Å². The summed E-state index contributed by atoms with van der Waals surface area (Å²) in [5.41, 5.74) is 0. The van der Waals surface area contributed by atoms with Crippen LogP contribution in [0.25, 0.3) is 0 Å². The molecule has 0 spiro atoms. The molecule has 1 rings (SSSR count). The summed E-state index contributed by atoms with van der Waals surface area (Å²) in [7, 11) is 0. The van der Waals surface area contributed by atoms with Crippen molar-refractivity contribution in [1.82, 2.24) is 0 Å². The summed E-state index contributed by atoms with van der Waals surface area (Å²) in [6.07, 6.45) is -1.73. The van der Waals surface area contributed by atoms with Crippen LogP contribution in [0.5, 0.6) is 0 Å². The number of hydrogen-bond acceptors (Lipinski definition) is 4. The second-order valence-electron chi connectivity index (χ2n) is 2.30. The molecule has 0 bridgehead atoms. The molecular weight excluding hydrogens is 204 g/mol. The van der Waals surface area contributed by atoms with E-state index in [-0.39, 0.29) is 13.2 Å². The zero-order valence-corrected chi connectivity index (χ0v) is 6.78. The smallest absolute Gasteiger partial charge is 0.171 e. The van der Waals surface area contributed by atoms with Gasteiger partial charge in [0.05, 0.1) is 13.2 Å². The van der Waals surface area contributed by atoms with Crippen molar-refractivity contribution in [3.05, 3.63) is 0 Å². The highest BCUT2D eigenvalue weighted by Crippen LogP contribution is 2.29. The maximum atomic E-state index is 9.20. The first-order chi connectivity index (χ1) is 4.58. The lowest BCUT2D eigenvalue weighted by atomic mass is 10.2. The molecule has 0 saturated carbocycles. The summed E-state index contributed by atoms with van der Waals surface area (Å²) in [5, 5.41) is 26.9. The minimum absolute atomic E-state index is 0.000602. The Hall–Kier alpha value is 0.320. The Bertz CT molecular complexity index is 127. The van der Waals surface area contributed by atoms with Crippen molar-refractivity contribution in [3.63, 3.8) is 0 Å². The van der Waals surface area contributed by atoms with E-state index in [9.17, 15) is 5.11 Å². The topological polar surface area (TPSA) is 69.9 Å². The van der Waals surface area contributed by atoms with Gasteiger partial charge in [0.15, 0.2) is 4.51 Å². The van der Waals surface area contributed by atoms with E-state index in [1.165, 1.54) is 0 Å². The van der Waals surface area contributed by atoms with Gasteiger partial charge in [0.25, 0.3) is 0 Å². The van der Waals surface area contributed by atoms with Crippen LogP contribution < -0.4 is 0 Å². The molecule has 3 atom stereocenters. The van der Waals surface area contributed by atoms with E-state index < -0.39 is 16.7 Å². The first-order valence-corrected chi connectivity index (χ1v) is 3.69. The van der Waals surface area contributed by atoms with Gasteiger partial charge in [-0.05, 0) is 15.9 Å². The lowest BCUT2D eigenvalue weighted by Crippen LogP contribution is -2.39. The van der Waals surface area contributed by atoms with E-state index in [1.54, 1.807) is 0 Å². The molecule has 3 N–H and O–H groups in total. The van der Waals surface area contributed by atoms with E-state index in [0.29, 0.717) is 0 Å². The van der Waals surface area contributed by atoms with Crippen LogP contribution in [0, 0.1) is 0 Å². The fraction of sp³-hybridized carbons (Fsp3) is 1.00. The van der Waals surface area contributed by atoms with Gasteiger partial charge < -0.3 is 20.1 Å². The Morgan fingerprint density at radius 3 is 2.50 bits per heavy atom. The van der Waals surface area contributed by atoms with Crippen LogP contribution in [0.1, 0.15) is 0 Å². The molecular formula is C5H9BrO4. The fourth-order valence-electron chi connectivity index (χ4n) is 0.838. The molecule has 10 heavy (non-hydrogen) atoms. The summed E-state index contributed by atoms with van der Waals surface area (Å²) in [4.78, 5) is 0. The van der Waals surface area contributed by atoms with E-state index in [0.717, 1.165) is 0 Å². The molecule has 1 heterocycles. The molecule has 4 nitrogen and oxygen atoms in total. The van der Waals surface area contributed by atoms with Gasteiger partial charge in [-0.15, -0.1) is 0 Å². The molecule has 60 valence electrons. The first-order valence-electron chi connectivity index (χ1n) is 2.90. The number of alkyl halides is 1. The number of aliphatic hydroxyl groups is 3. The Balaban J connectivity index is 2.58. The van der Waals surface area contributed by atoms with Crippen LogP contribution in [-0.4, -0.2) is 45.3 Å². The van der Waals surface area contributed by atoms with Crippen LogP contribution in [0.2, 0.25) is 0 Å². The van der Waals surface area contributed by atoms with Gasteiger partial charge in [0.1, 0.15) is 12.2 Å². The van der Waals surface area contributed by atoms with Crippen LogP contribution >= 0.6 is 15.9 Å². The van der Waals surface area contributed by atoms with Gasteiger partial charge in [0, 0.05) is 0 Å². The van der Waals surface area contributed by atoms with Gasteiger partial charge >= 0.3 is 0 Å². The monoisotopic (exact) mass is 212 g/mol. The molecule has 5 heteroatoms. The zero-order valence-electron chi connectivity index (χ0n) is 5.20. The quantitative estimate of drug-likeness (QED) is 0.479. The molecule has 0 unspecified atom stereocenters. The predicted octanol–water partition coefficient (Wildman–Crippen LogP) is -1.18. The van der Waals surface area contributed by atoms with Crippen molar-refractivity contribution in [2.45, 2.75) is 16.7 Å². The van der Waals surface area contributed by atoms with Crippen LogP contribution in [0.4, 0.5) is 0 Å². The number of hydrogen-bond donors (Lipinski definition) is 3. The van der Waals surface area contributed by atoms with E-state index in [2.05, 4.69) is 15.9 Å². The van der Waals surface area contributed by atoms with Gasteiger partial charge in [-0.25, -0.2) is 0 Å². The number of ether oxygens (including phenoxy) is 1. The zero-order chi connectivity index (χ0) is 7.78. The lowest BCUT2D eigenvalue weighted by molar-refractivity contribution is -0.0109. The number of aliphatic hydroxyl groups excluding tert-OH is 2. The highest BCUT2D eigenvalue weighted by atomic mass is 79.9. The third-order valence-electron chi connectivity index (χ3n) is 1.49. The number of halogens is 1. The SMILES string of the molecule is OC[C@H]1OC[C@@](O)(Br)[C@@H]1O. The standard InChI is InChI=1S/C5H9BrO4/c6-5(9)2-10-3(1-7)4(5)8/h3-4,7-9H,1-2H2/t3-,4-,5+/m1/s1. The Labute approximate surface area is 66.6 Å². The highest BCUT2D eigenvalue weighted by molar-refractivity contribution is 9.10. The van der Waals surface area contributed by atoms with Crippen LogP contribution in [0.15, 0.2) is 0 Å². The van der Waals surface area contributed by atoms with E-state index in [4.69, 9.17) is 14.9 Å². The maximum Gasteiger partial charge on any atom is 0.171 e. The van der Waals surface area contributed by atoms with Crippen molar-refractivity contribution in [3.8, 4) is 0 Å². The van der Waals surface area contributed by atoms with Gasteiger partial charge in [-0.2, -0.15) is 0 Å². The summed E-state index contributed by atoms with van der Waals surface area (Å²) in [6, 6.07) is 0. The van der Waals surface area contributed by atoms with Crippen molar-refractivity contribution in [2.75, 3.05) is 13.2 Å². The normalized spacial score (nSPS) is 48.0. The molecule has 1 aliphatic heterocycles. The Kier molecular flexibility index (Phi) is 2.31. The van der Waals surface area contributed by atoms with Crippen molar-refractivity contribution < 1.29 is 20.1 Å². The summed E-state index contributed by atoms with van der Waals surface area (Å²) < 4.78 is 3.44. The molecule has 0 radical (unpaired) electrons. The second-order valence-corrected chi connectivity index (χ2v) is 3.67. The minimum atomic E-state index is -1.39. The number of rotatable bonds is 1. The third kappa shape index (κ3) is 1.33. The average molecular weight is 213 g/mol. The van der Waals surface area contributed by atoms with Gasteiger partial charge in [-0.1, -0.05) is 0 Å². The molecule has 0 aliphatic carbocycles. The third-order valence-corrected chi connectivity index (χ3v) is 2.18. The molecule has 0 aromatic heterocycles. The largest absolute Gasteiger partial charge is 0.394 e. The van der Waals surface area contributed by atoms with E-state index in [1.807, 2.05) is 0 Å².